The number of primary amides is 1. The fourth-order valence-electron chi connectivity index (χ4n) is 2.01. The van der Waals surface area contributed by atoms with Gasteiger partial charge in [-0.1, -0.05) is 38.5 Å². The van der Waals surface area contributed by atoms with E-state index in [4.69, 9.17) is 10.2 Å². The van der Waals surface area contributed by atoms with Gasteiger partial charge in [0.1, 0.15) is 11.6 Å². The molecular formula is C14H18N2O4S. The van der Waals surface area contributed by atoms with Crippen molar-refractivity contribution < 1.29 is 17.6 Å². The first-order chi connectivity index (χ1) is 9.85. The van der Waals surface area contributed by atoms with Crippen LogP contribution >= 0.6 is 0 Å². The summed E-state index contributed by atoms with van der Waals surface area (Å²) in [7, 11) is -3.94. The smallest absolute Gasteiger partial charge is 0.274 e. The van der Waals surface area contributed by atoms with Crippen molar-refractivity contribution in [2.24, 2.45) is 11.7 Å². The highest BCUT2D eigenvalue weighted by Crippen LogP contribution is 2.23. The summed E-state index contributed by atoms with van der Waals surface area (Å²) in [6, 6.07) is 7.42. The van der Waals surface area contributed by atoms with E-state index in [2.05, 4.69) is 4.72 Å². The third-order valence-corrected chi connectivity index (χ3v) is 4.76. The van der Waals surface area contributed by atoms with Gasteiger partial charge in [0.15, 0.2) is 0 Å². The van der Waals surface area contributed by atoms with Gasteiger partial charge in [-0.25, -0.2) is 8.42 Å². The first kappa shape index (κ1) is 15.5. The highest BCUT2D eigenvalue weighted by Gasteiger charge is 2.29. The lowest BCUT2D eigenvalue weighted by Gasteiger charge is -2.20. The Labute approximate surface area is 123 Å². The summed E-state index contributed by atoms with van der Waals surface area (Å²) in [5, 5.41) is 0.454. The van der Waals surface area contributed by atoms with Crippen molar-refractivity contribution in [2.75, 3.05) is 0 Å². The SMILES string of the molecule is CCC(C)C(NS(=O)(=O)c1cc2ccccc2o1)C(N)=O. The number of carbonyl (C=O) groups excluding carboxylic acids is 1. The Bertz CT molecular complexity index is 718. The molecule has 1 aromatic carbocycles. The summed E-state index contributed by atoms with van der Waals surface area (Å²) >= 11 is 0. The third-order valence-electron chi connectivity index (χ3n) is 3.47. The van der Waals surface area contributed by atoms with Gasteiger partial charge in [0.2, 0.25) is 11.0 Å². The Kier molecular flexibility index (Phi) is 4.34. The standard InChI is InChI=1S/C14H18N2O4S/c1-3-9(2)13(14(15)17)16-21(18,19)12-8-10-6-4-5-7-11(10)20-12/h4-9,13,16H,3H2,1-2H3,(H2,15,17). The predicted molar refractivity (Wildman–Crippen MR) is 79.0 cm³/mol. The lowest BCUT2D eigenvalue weighted by molar-refractivity contribution is -0.120. The monoisotopic (exact) mass is 310 g/mol. The van der Waals surface area contributed by atoms with Gasteiger partial charge in [0.25, 0.3) is 10.0 Å². The van der Waals surface area contributed by atoms with Crippen LogP contribution in [-0.2, 0) is 14.8 Å². The van der Waals surface area contributed by atoms with E-state index >= 15 is 0 Å². The second-order valence-electron chi connectivity index (χ2n) is 4.99. The van der Waals surface area contributed by atoms with Crippen molar-refractivity contribution in [3.63, 3.8) is 0 Å². The maximum Gasteiger partial charge on any atom is 0.274 e. The minimum atomic E-state index is -3.94. The minimum Gasteiger partial charge on any atom is -0.443 e. The number of amides is 1. The molecule has 0 bridgehead atoms. The number of furan rings is 1. The van der Waals surface area contributed by atoms with Gasteiger partial charge in [0.05, 0.1) is 0 Å². The number of rotatable bonds is 6. The molecule has 1 heterocycles. The van der Waals surface area contributed by atoms with Crippen LogP contribution in [0.25, 0.3) is 11.0 Å². The number of benzene rings is 1. The van der Waals surface area contributed by atoms with Crippen molar-refractivity contribution in [1.29, 1.82) is 0 Å². The molecule has 0 aliphatic carbocycles. The van der Waals surface area contributed by atoms with Crippen LogP contribution in [0.1, 0.15) is 20.3 Å². The van der Waals surface area contributed by atoms with Crippen LogP contribution in [0.2, 0.25) is 0 Å². The fourth-order valence-corrected chi connectivity index (χ4v) is 3.29. The average Bonchev–Trinajstić information content (AvgIpc) is 2.88. The van der Waals surface area contributed by atoms with Crippen LogP contribution in [0, 0.1) is 5.92 Å². The molecule has 0 aliphatic heterocycles. The number of fused-ring (bicyclic) bond motifs is 1. The number of para-hydroxylation sites is 1. The van der Waals surface area contributed by atoms with Gasteiger partial charge in [-0.2, -0.15) is 4.72 Å². The van der Waals surface area contributed by atoms with E-state index in [1.807, 2.05) is 6.92 Å². The van der Waals surface area contributed by atoms with Gasteiger partial charge in [0, 0.05) is 11.5 Å². The van der Waals surface area contributed by atoms with Crippen LogP contribution in [-0.4, -0.2) is 20.4 Å². The number of hydrogen-bond acceptors (Lipinski definition) is 4. The second-order valence-corrected chi connectivity index (χ2v) is 6.64. The Hall–Kier alpha value is -1.86. The van der Waals surface area contributed by atoms with Gasteiger partial charge in [-0.3, -0.25) is 4.79 Å². The zero-order valence-corrected chi connectivity index (χ0v) is 12.7. The first-order valence-corrected chi connectivity index (χ1v) is 8.13. The molecule has 2 unspecified atom stereocenters. The number of hydrogen-bond donors (Lipinski definition) is 2. The van der Waals surface area contributed by atoms with Crippen molar-refractivity contribution in [1.82, 2.24) is 4.72 Å². The van der Waals surface area contributed by atoms with Crippen LogP contribution < -0.4 is 10.5 Å². The molecule has 0 saturated heterocycles. The molecule has 2 aromatic rings. The summed E-state index contributed by atoms with van der Waals surface area (Å²) in [6.07, 6.45) is 0.621. The van der Waals surface area contributed by atoms with E-state index < -0.39 is 22.0 Å². The van der Waals surface area contributed by atoms with Crippen molar-refractivity contribution >= 4 is 26.9 Å². The lowest BCUT2D eigenvalue weighted by Crippen LogP contribution is -2.48. The Balaban J connectivity index is 2.34. The fraction of sp³-hybridized carbons (Fsp3) is 0.357. The van der Waals surface area contributed by atoms with Gasteiger partial charge < -0.3 is 10.2 Å². The summed E-state index contributed by atoms with van der Waals surface area (Å²) in [6.45, 7) is 3.62. The maximum atomic E-state index is 12.3. The molecule has 0 fully saturated rings. The average molecular weight is 310 g/mol. The summed E-state index contributed by atoms with van der Waals surface area (Å²) in [5.74, 6) is -0.911. The lowest BCUT2D eigenvalue weighted by atomic mass is 10.00. The van der Waals surface area contributed by atoms with E-state index in [1.165, 1.54) is 6.07 Å². The molecule has 2 atom stereocenters. The number of carbonyl (C=O) groups is 1. The Morgan fingerprint density at radius 2 is 2.05 bits per heavy atom. The summed E-state index contributed by atoms with van der Waals surface area (Å²) in [4.78, 5) is 11.4. The highest BCUT2D eigenvalue weighted by atomic mass is 32.2. The number of nitrogens with one attached hydrogen (secondary N) is 1. The number of nitrogens with two attached hydrogens (primary N) is 1. The van der Waals surface area contributed by atoms with Gasteiger partial charge in [-0.15, -0.1) is 0 Å². The van der Waals surface area contributed by atoms with Crippen LogP contribution in [0.3, 0.4) is 0 Å². The first-order valence-electron chi connectivity index (χ1n) is 6.65. The minimum absolute atomic E-state index is 0.207. The molecule has 3 N–H and O–H groups in total. The molecule has 0 aliphatic rings. The summed E-state index contributed by atoms with van der Waals surface area (Å²) in [5.41, 5.74) is 5.75. The second kappa shape index (κ2) is 5.87. The molecule has 0 spiro atoms. The molecule has 1 aromatic heterocycles. The quantitative estimate of drug-likeness (QED) is 0.846. The van der Waals surface area contributed by atoms with E-state index in [1.54, 1.807) is 31.2 Å². The van der Waals surface area contributed by atoms with Crippen molar-refractivity contribution in [3.05, 3.63) is 30.3 Å². The molecule has 2 rings (SSSR count). The Morgan fingerprint density at radius 1 is 1.38 bits per heavy atom. The third kappa shape index (κ3) is 3.25. The van der Waals surface area contributed by atoms with Crippen LogP contribution in [0.4, 0.5) is 0 Å². The molecule has 7 heteroatoms. The molecule has 0 saturated carbocycles. The molecule has 1 amide bonds. The molecular weight excluding hydrogens is 292 g/mol. The van der Waals surface area contributed by atoms with E-state index in [0.29, 0.717) is 17.4 Å². The van der Waals surface area contributed by atoms with Crippen molar-refractivity contribution in [2.45, 2.75) is 31.4 Å². The zero-order chi connectivity index (χ0) is 15.6. The highest BCUT2D eigenvalue weighted by molar-refractivity contribution is 7.89. The molecule has 0 radical (unpaired) electrons. The molecule has 114 valence electrons. The summed E-state index contributed by atoms with van der Waals surface area (Å²) < 4.78 is 32.3. The topological polar surface area (TPSA) is 102 Å². The van der Waals surface area contributed by atoms with Crippen LogP contribution in [0.5, 0.6) is 0 Å². The van der Waals surface area contributed by atoms with Crippen LogP contribution in [0.15, 0.2) is 39.8 Å². The van der Waals surface area contributed by atoms with Crippen molar-refractivity contribution in [3.8, 4) is 0 Å². The number of sulfonamides is 1. The Morgan fingerprint density at radius 3 is 2.62 bits per heavy atom. The normalized spacial score (nSPS) is 15.0. The molecule has 21 heavy (non-hydrogen) atoms. The zero-order valence-electron chi connectivity index (χ0n) is 11.9. The van der Waals surface area contributed by atoms with E-state index in [-0.39, 0.29) is 11.0 Å². The van der Waals surface area contributed by atoms with Gasteiger partial charge >= 0.3 is 0 Å². The predicted octanol–water partition coefficient (Wildman–Crippen LogP) is 1.61. The van der Waals surface area contributed by atoms with E-state index in [0.717, 1.165) is 0 Å². The van der Waals surface area contributed by atoms with E-state index in [9.17, 15) is 13.2 Å². The molecule has 6 nitrogen and oxygen atoms in total. The maximum absolute atomic E-state index is 12.3. The van der Waals surface area contributed by atoms with Gasteiger partial charge in [-0.05, 0) is 12.0 Å². The largest absolute Gasteiger partial charge is 0.443 e.